The number of carbonyl (C=O) groups is 1. The molecular formula is C32H43N3O2S. The van der Waals surface area contributed by atoms with Crippen molar-refractivity contribution < 1.29 is 9.90 Å². The first-order chi connectivity index (χ1) is 18.0. The number of aromatic nitrogens is 1. The Bertz CT molecular complexity index is 1320. The van der Waals surface area contributed by atoms with Crippen molar-refractivity contribution in [3.63, 3.8) is 0 Å². The van der Waals surface area contributed by atoms with Gasteiger partial charge in [0.2, 0.25) is 5.91 Å². The molecule has 38 heavy (non-hydrogen) atoms. The molecule has 2 aromatic heterocycles. The van der Waals surface area contributed by atoms with Gasteiger partial charge in [-0.3, -0.25) is 4.79 Å². The molecule has 0 saturated carbocycles. The summed E-state index contributed by atoms with van der Waals surface area (Å²) >= 11 is 1.76. The Labute approximate surface area is 231 Å². The molecule has 5 nitrogen and oxygen atoms in total. The number of nitrogens with one attached hydrogen (secondary N) is 1. The van der Waals surface area contributed by atoms with Gasteiger partial charge in [0.05, 0.1) is 16.7 Å². The van der Waals surface area contributed by atoms with Crippen LogP contribution in [0.5, 0.6) is 0 Å². The summed E-state index contributed by atoms with van der Waals surface area (Å²) in [7, 11) is 0. The SMILES string of the molecule is Cc1cc(C)cc(-c2[nH]c3sc(C(C)(C)C(=O)N4C5CCC4CC5)cc3c2CCN2CCC(C)(O)CC2)c1. The van der Waals surface area contributed by atoms with E-state index < -0.39 is 11.0 Å². The number of amides is 1. The standard InChI is InChI=1S/C32H43N3O2S/c1-20-16-21(2)18-22(17-20)28-25(10-13-34-14-11-32(5,37)12-15-34)26-19-27(38-29(26)33-28)31(3,4)30(36)35-23-6-7-24(35)9-8-23/h16-19,23-24,33,37H,6-15H2,1-5H3. The molecule has 3 aliphatic rings. The van der Waals surface area contributed by atoms with E-state index in [9.17, 15) is 9.90 Å². The third-order valence-electron chi connectivity index (χ3n) is 9.56. The lowest BCUT2D eigenvalue weighted by atomic mass is 9.88. The molecule has 1 aromatic carbocycles. The molecule has 5 heterocycles. The molecule has 0 aliphatic carbocycles. The van der Waals surface area contributed by atoms with Crippen molar-refractivity contribution in [2.45, 2.75) is 103 Å². The number of hydrogen-bond acceptors (Lipinski definition) is 4. The maximum Gasteiger partial charge on any atom is 0.233 e. The van der Waals surface area contributed by atoms with Crippen molar-refractivity contribution in [2.24, 2.45) is 0 Å². The van der Waals surface area contributed by atoms with Gasteiger partial charge < -0.3 is 19.9 Å². The van der Waals surface area contributed by atoms with Gasteiger partial charge in [0, 0.05) is 42.0 Å². The average Bonchev–Trinajstić information content (AvgIpc) is 3.62. The lowest BCUT2D eigenvalue weighted by Crippen LogP contribution is -2.45. The van der Waals surface area contributed by atoms with Crippen LogP contribution in [0.3, 0.4) is 0 Å². The third kappa shape index (κ3) is 4.63. The summed E-state index contributed by atoms with van der Waals surface area (Å²) in [6.07, 6.45) is 7.30. The zero-order valence-corrected chi connectivity index (χ0v) is 24.5. The molecule has 2 bridgehead atoms. The molecular weight excluding hydrogens is 490 g/mol. The maximum atomic E-state index is 13.9. The van der Waals surface area contributed by atoms with Gasteiger partial charge in [-0.1, -0.05) is 17.2 Å². The molecule has 3 aliphatic heterocycles. The van der Waals surface area contributed by atoms with E-state index in [1.807, 2.05) is 6.92 Å². The Kier molecular flexibility index (Phi) is 6.52. The zero-order valence-electron chi connectivity index (χ0n) is 23.7. The number of H-pyrrole nitrogens is 1. The Morgan fingerprint density at radius 1 is 1.05 bits per heavy atom. The summed E-state index contributed by atoms with van der Waals surface area (Å²) < 4.78 is 0. The summed E-state index contributed by atoms with van der Waals surface area (Å²) in [6, 6.07) is 10.0. The number of benzene rings is 1. The van der Waals surface area contributed by atoms with Crippen LogP contribution in [-0.4, -0.2) is 63.1 Å². The van der Waals surface area contributed by atoms with Crippen LogP contribution in [0.2, 0.25) is 0 Å². The van der Waals surface area contributed by atoms with Crippen LogP contribution >= 0.6 is 11.3 Å². The first-order valence-corrected chi connectivity index (χ1v) is 15.3. The lowest BCUT2D eigenvalue weighted by molar-refractivity contribution is -0.137. The first-order valence-electron chi connectivity index (χ1n) is 14.5. The van der Waals surface area contributed by atoms with Gasteiger partial charge in [-0.25, -0.2) is 0 Å². The minimum absolute atomic E-state index is 0.308. The van der Waals surface area contributed by atoms with Gasteiger partial charge in [0.15, 0.2) is 0 Å². The average molecular weight is 534 g/mol. The fraction of sp³-hybridized carbons (Fsp3) is 0.594. The molecule has 0 spiro atoms. The minimum Gasteiger partial charge on any atom is -0.390 e. The number of rotatable bonds is 6. The number of nitrogens with zero attached hydrogens (tertiary/aromatic N) is 2. The number of likely N-dealkylation sites (tertiary alicyclic amines) is 1. The van der Waals surface area contributed by atoms with Gasteiger partial charge in [-0.2, -0.15) is 0 Å². The van der Waals surface area contributed by atoms with E-state index in [0.717, 1.165) is 43.8 Å². The second-order valence-corrected chi connectivity index (χ2v) is 14.1. The quantitative estimate of drug-likeness (QED) is 0.389. The van der Waals surface area contributed by atoms with Gasteiger partial charge in [0.1, 0.15) is 4.83 Å². The molecule has 0 atom stereocenters. The minimum atomic E-state index is -0.530. The highest BCUT2D eigenvalue weighted by molar-refractivity contribution is 7.19. The number of carbonyl (C=O) groups excluding carboxylic acids is 1. The smallest absolute Gasteiger partial charge is 0.233 e. The van der Waals surface area contributed by atoms with Crippen LogP contribution in [-0.2, 0) is 16.6 Å². The third-order valence-corrected chi connectivity index (χ3v) is 10.9. The van der Waals surface area contributed by atoms with Gasteiger partial charge in [-0.15, -0.1) is 11.3 Å². The fourth-order valence-corrected chi connectivity index (χ4v) is 8.35. The van der Waals surface area contributed by atoms with Gasteiger partial charge in [-0.05, 0) is 109 Å². The summed E-state index contributed by atoms with van der Waals surface area (Å²) in [4.78, 5) is 24.7. The predicted octanol–water partition coefficient (Wildman–Crippen LogP) is 6.33. The van der Waals surface area contributed by atoms with E-state index in [1.54, 1.807) is 11.3 Å². The number of fused-ring (bicyclic) bond motifs is 3. The molecule has 3 aromatic rings. The summed E-state index contributed by atoms with van der Waals surface area (Å²) in [6.45, 7) is 13.4. The molecule has 0 radical (unpaired) electrons. The summed E-state index contributed by atoms with van der Waals surface area (Å²) in [5, 5.41) is 11.7. The van der Waals surface area contributed by atoms with Gasteiger partial charge >= 0.3 is 0 Å². The van der Waals surface area contributed by atoms with Crippen molar-refractivity contribution in [1.82, 2.24) is 14.8 Å². The monoisotopic (exact) mass is 533 g/mol. The summed E-state index contributed by atoms with van der Waals surface area (Å²) in [5.41, 5.74) is 5.31. The zero-order chi connectivity index (χ0) is 26.8. The highest BCUT2D eigenvalue weighted by Gasteiger charge is 2.47. The molecule has 204 valence electrons. The van der Waals surface area contributed by atoms with Crippen LogP contribution in [0.1, 0.15) is 80.9 Å². The van der Waals surface area contributed by atoms with Gasteiger partial charge in [0.25, 0.3) is 0 Å². The highest BCUT2D eigenvalue weighted by atomic mass is 32.1. The van der Waals surface area contributed by atoms with E-state index in [2.05, 4.69) is 66.7 Å². The van der Waals surface area contributed by atoms with Crippen molar-refractivity contribution in [3.8, 4) is 11.3 Å². The first kappa shape index (κ1) is 26.1. The number of thiophene rings is 1. The van der Waals surface area contributed by atoms with Crippen LogP contribution in [0.15, 0.2) is 24.3 Å². The second kappa shape index (κ2) is 9.50. The number of hydrogen-bond donors (Lipinski definition) is 2. The largest absolute Gasteiger partial charge is 0.390 e. The predicted molar refractivity (Wildman–Crippen MR) is 157 cm³/mol. The molecule has 3 fully saturated rings. The Morgan fingerprint density at radius 2 is 1.66 bits per heavy atom. The van der Waals surface area contributed by atoms with Crippen molar-refractivity contribution >= 4 is 27.5 Å². The van der Waals surface area contributed by atoms with Crippen molar-refractivity contribution in [3.05, 3.63) is 45.8 Å². The molecule has 1 amide bonds. The fourth-order valence-electron chi connectivity index (χ4n) is 7.17. The molecule has 3 saturated heterocycles. The second-order valence-electron chi connectivity index (χ2n) is 13.1. The molecule has 6 rings (SSSR count). The number of aromatic amines is 1. The van der Waals surface area contributed by atoms with E-state index in [1.165, 1.54) is 63.8 Å². The maximum absolute atomic E-state index is 13.9. The van der Waals surface area contributed by atoms with Crippen LogP contribution in [0, 0.1) is 13.8 Å². The van der Waals surface area contributed by atoms with Crippen molar-refractivity contribution in [1.29, 1.82) is 0 Å². The Morgan fingerprint density at radius 3 is 2.26 bits per heavy atom. The normalized spacial score (nSPS) is 23.6. The summed E-state index contributed by atoms with van der Waals surface area (Å²) in [5.74, 6) is 0.308. The van der Waals surface area contributed by atoms with E-state index in [4.69, 9.17) is 0 Å². The van der Waals surface area contributed by atoms with E-state index in [-0.39, 0.29) is 0 Å². The van der Waals surface area contributed by atoms with Crippen molar-refractivity contribution in [2.75, 3.05) is 19.6 Å². The Balaban J connectivity index is 1.34. The Hall–Kier alpha value is -2.15. The van der Waals surface area contributed by atoms with E-state index >= 15 is 0 Å². The molecule has 6 heteroatoms. The number of aryl methyl sites for hydroxylation is 2. The molecule has 0 unspecified atom stereocenters. The topological polar surface area (TPSA) is 59.6 Å². The van der Waals surface area contributed by atoms with E-state index in [0.29, 0.717) is 18.0 Å². The molecule has 2 N–H and O–H groups in total. The lowest BCUT2D eigenvalue weighted by Gasteiger charge is -2.35. The van der Waals surface area contributed by atoms with Crippen LogP contribution < -0.4 is 0 Å². The van der Waals surface area contributed by atoms with Crippen LogP contribution in [0.25, 0.3) is 21.5 Å². The number of piperidine rings is 1. The number of aliphatic hydroxyl groups is 1. The highest BCUT2D eigenvalue weighted by Crippen LogP contribution is 2.44. The van der Waals surface area contributed by atoms with Crippen LogP contribution in [0.4, 0.5) is 0 Å².